The predicted octanol–water partition coefficient (Wildman–Crippen LogP) is 5.29. The van der Waals surface area contributed by atoms with E-state index in [2.05, 4.69) is 34.7 Å². The van der Waals surface area contributed by atoms with Gasteiger partial charge in [-0.05, 0) is 48.5 Å². The molecule has 3 rings (SSSR count). The number of benzene rings is 2. The van der Waals surface area contributed by atoms with Crippen molar-refractivity contribution in [3.05, 3.63) is 57.8 Å². The van der Waals surface area contributed by atoms with Crippen molar-refractivity contribution in [2.24, 2.45) is 0 Å². The monoisotopic (exact) mass is 302 g/mol. The third kappa shape index (κ3) is 2.28. The van der Waals surface area contributed by atoms with Crippen molar-refractivity contribution in [3.63, 3.8) is 0 Å². The Labute approximate surface area is 128 Å². The number of nitrogens with one attached hydrogen (secondary N) is 1. The number of aromatic amines is 1. The van der Waals surface area contributed by atoms with E-state index in [-0.39, 0.29) is 0 Å². The molecule has 0 saturated heterocycles. The largest absolute Gasteiger partial charge is 0.330 e. The van der Waals surface area contributed by atoms with E-state index in [0.717, 1.165) is 29.6 Å². The molecule has 0 atom stereocenters. The average molecular weight is 303 g/mol. The van der Waals surface area contributed by atoms with Crippen LogP contribution in [0.3, 0.4) is 0 Å². The topological polar surface area (TPSA) is 20.7 Å². The Kier molecular flexibility index (Phi) is 3.64. The summed E-state index contributed by atoms with van der Waals surface area (Å²) >= 11 is 11.6. The molecule has 1 N–H and O–H groups in total. The third-order valence-corrected chi connectivity index (χ3v) is 3.92. The highest BCUT2D eigenvalue weighted by atomic mass is 35.5. The van der Waals surface area contributed by atoms with Gasteiger partial charge in [0, 0.05) is 5.02 Å². The zero-order valence-corrected chi connectivity index (χ0v) is 12.8. The van der Waals surface area contributed by atoms with Crippen molar-refractivity contribution in [2.45, 2.75) is 19.8 Å². The number of aromatic nitrogens is 2. The Morgan fingerprint density at radius 1 is 1.20 bits per heavy atom. The summed E-state index contributed by atoms with van der Waals surface area (Å²) in [5, 5.41) is 0.716. The summed E-state index contributed by atoms with van der Waals surface area (Å²) in [6.45, 7) is 2.18. The lowest BCUT2D eigenvalue weighted by Crippen LogP contribution is -1.99. The van der Waals surface area contributed by atoms with Gasteiger partial charge in [-0.2, -0.15) is 0 Å². The van der Waals surface area contributed by atoms with E-state index in [1.54, 1.807) is 0 Å². The zero-order valence-electron chi connectivity index (χ0n) is 11.2. The van der Waals surface area contributed by atoms with E-state index in [9.17, 15) is 0 Å². The minimum atomic E-state index is 0.700. The maximum absolute atomic E-state index is 6.13. The number of nitrogens with zero attached hydrogens (tertiary/aromatic N) is 1. The van der Waals surface area contributed by atoms with Crippen LogP contribution in [0.1, 0.15) is 18.9 Å². The molecular weight excluding hydrogens is 288 g/mol. The average Bonchev–Trinajstić information content (AvgIpc) is 2.75. The SMILES string of the molecule is CCCc1ccccc1-n1c(=S)[nH]c2ccc(Cl)cc21. The number of aryl methyl sites for hydroxylation is 1. The smallest absolute Gasteiger partial charge is 0.182 e. The number of hydrogen-bond acceptors (Lipinski definition) is 1. The number of imidazole rings is 1. The van der Waals surface area contributed by atoms with Gasteiger partial charge in [0.05, 0.1) is 16.7 Å². The Bertz CT molecular complexity index is 817. The van der Waals surface area contributed by atoms with Gasteiger partial charge in [-0.15, -0.1) is 0 Å². The van der Waals surface area contributed by atoms with E-state index in [1.807, 2.05) is 24.3 Å². The number of fused-ring (bicyclic) bond motifs is 1. The maximum atomic E-state index is 6.13. The van der Waals surface area contributed by atoms with Crippen molar-refractivity contribution in [2.75, 3.05) is 0 Å². The van der Waals surface area contributed by atoms with Gasteiger partial charge in [-0.25, -0.2) is 0 Å². The second kappa shape index (κ2) is 5.43. The van der Waals surface area contributed by atoms with E-state index < -0.39 is 0 Å². The van der Waals surface area contributed by atoms with Crippen LogP contribution in [-0.2, 0) is 6.42 Å². The Hall–Kier alpha value is -1.58. The second-order valence-corrected chi connectivity index (χ2v) is 5.63. The highest BCUT2D eigenvalue weighted by Crippen LogP contribution is 2.25. The first kappa shape index (κ1) is 13.4. The van der Waals surface area contributed by atoms with E-state index in [4.69, 9.17) is 23.8 Å². The molecule has 0 spiro atoms. The van der Waals surface area contributed by atoms with E-state index in [1.165, 1.54) is 5.56 Å². The number of hydrogen-bond donors (Lipinski definition) is 1. The van der Waals surface area contributed by atoms with E-state index >= 15 is 0 Å². The Morgan fingerprint density at radius 2 is 2.00 bits per heavy atom. The molecule has 3 aromatic rings. The Balaban J connectivity index is 2.32. The molecule has 0 fully saturated rings. The highest BCUT2D eigenvalue weighted by Gasteiger charge is 2.10. The molecule has 0 bridgehead atoms. The molecule has 2 aromatic carbocycles. The molecular formula is C16H15ClN2S. The maximum Gasteiger partial charge on any atom is 0.182 e. The summed E-state index contributed by atoms with van der Waals surface area (Å²) in [5.74, 6) is 0. The summed E-state index contributed by atoms with van der Waals surface area (Å²) in [6, 6.07) is 14.2. The summed E-state index contributed by atoms with van der Waals surface area (Å²) in [4.78, 5) is 3.24. The van der Waals surface area contributed by atoms with Crippen LogP contribution in [0.2, 0.25) is 5.02 Å². The van der Waals surface area contributed by atoms with Crippen LogP contribution >= 0.6 is 23.8 Å². The fourth-order valence-corrected chi connectivity index (χ4v) is 3.00. The molecule has 0 amide bonds. The van der Waals surface area contributed by atoms with Crippen molar-refractivity contribution >= 4 is 34.9 Å². The first-order valence-corrected chi connectivity index (χ1v) is 7.48. The molecule has 0 saturated carbocycles. The normalized spacial score (nSPS) is 11.1. The minimum Gasteiger partial charge on any atom is -0.330 e. The fraction of sp³-hybridized carbons (Fsp3) is 0.188. The predicted molar refractivity (Wildman–Crippen MR) is 87.5 cm³/mol. The molecule has 0 radical (unpaired) electrons. The molecule has 1 heterocycles. The van der Waals surface area contributed by atoms with Crippen molar-refractivity contribution < 1.29 is 0 Å². The van der Waals surface area contributed by atoms with Crippen LogP contribution in [0.25, 0.3) is 16.7 Å². The summed E-state index contributed by atoms with van der Waals surface area (Å²) in [7, 11) is 0. The van der Waals surface area contributed by atoms with Crippen LogP contribution in [0, 0.1) is 4.77 Å². The summed E-state index contributed by atoms with van der Waals surface area (Å²) in [5.41, 5.74) is 4.46. The quantitative estimate of drug-likeness (QED) is 0.652. The highest BCUT2D eigenvalue weighted by molar-refractivity contribution is 7.71. The Morgan fingerprint density at radius 3 is 2.80 bits per heavy atom. The molecule has 4 heteroatoms. The molecule has 102 valence electrons. The van der Waals surface area contributed by atoms with Crippen molar-refractivity contribution in [1.82, 2.24) is 9.55 Å². The molecule has 0 aliphatic carbocycles. The molecule has 0 aliphatic rings. The van der Waals surface area contributed by atoms with Crippen LogP contribution in [0.5, 0.6) is 0 Å². The van der Waals surface area contributed by atoms with Gasteiger partial charge < -0.3 is 4.98 Å². The fourth-order valence-electron chi connectivity index (χ4n) is 2.52. The third-order valence-electron chi connectivity index (χ3n) is 3.40. The van der Waals surface area contributed by atoms with Crippen molar-refractivity contribution in [3.8, 4) is 5.69 Å². The number of rotatable bonds is 3. The van der Waals surface area contributed by atoms with Crippen LogP contribution in [0.4, 0.5) is 0 Å². The van der Waals surface area contributed by atoms with Gasteiger partial charge in [0.2, 0.25) is 0 Å². The van der Waals surface area contributed by atoms with Crippen LogP contribution in [-0.4, -0.2) is 9.55 Å². The lowest BCUT2D eigenvalue weighted by molar-refractivity contribution is 0.900. The second-order valence-electron chi connectivity index (χ2n) is 4.81. The van der Waals surface area contributed by atoms with E-state index in [0.29, 0.717) is 9.79 Å². The number of para-hydroxylation sites is 1. The number of halogens is 1. The number of H-pyrrole nitrogens is 1. The van der Waals surface area contributed by atoms with Gasteiger partial charge >= 0.3 is 0 Å². The van der Waals surface area contributed by atoms with Crippen molar-refractivity contribution in [1.29, 1.82) is 0 Å². The molecule has 0 unspecified atom stereocenters. The van der Waals surface area contributed by atoms with Gasteiger partial charge in [0.15, 0.2) is 4.77 Å². The van der Waals surface area contributed by atoms with Gasteiger partial charge in [0.25, 0.3) is 0 Å². The summed E-state index contributed by atoms with van der Waals surface area (Å²) < 4.78 is 2.77. The lowest BCUT2D eigenvalue weighted by Gasteiger charge is -2.10. The van der Waals surface area contributed by atoms with Gasteiger partial charge in [0.1, 0.15) is 0 Å². The molecule has 2 nitrogen and oxygen atoms in total. The van der Waals surface area contributed by atoms with Crippen LogP contribution in [0.15, 0.2) is 42.5 Å². The van der Waals surface area contributed by atoms with Gasteiger partial charge in [-0.3, -0.25) is 4.57 Å². The molecule has 20 heavy (non-hydrogen) atoms. The molecule has 0 aliphatic heterocycles. The first-order chi connectivity index (χ1) is 9.70. The molecule has 1 aromatic heterocycles. The zero-order chi connectivity index (χ0) is 14.1. The summed E-state index contributed by atoms with van der Waals surface area (Å²) in [6.07, 6.45) is 2.14. The first-order valence-electron chi connectivity index (χ1n) is 6.69. The van der Waals surface area contributed by atoms with Gasteiger partial charge in [-0.1, -0.05) is 43.1 Å². The minimum absolute atomic E-state index is 0.700. The lowest BCUT2D eigenvalue weighted by atomic mass is 10.1. The van der Waals surface area contributed by atoms with Crippen LogP contribution < -0.4 is 0 Å². The standard InChI is InChI=1S/C16H15ClN2S/c1-2-5-11-6-3-4-7-14(11)19-15-10-12(17)8-9-13(15)18-16(19)20/h3-4,6-10H,2,5H2,1H3,(H,18,20).